The van der Waals surface area contributed by atoms with Gasteiger partial charge in [0.15, 0.2) is 0 Å². The normalized spacial score (nSPS) is 13.9. The third-order valence-electron chi connectivity index (χ3n) is 3.46. The molecule has 0 atom stereocenters. The first-order valence-electron chi connectivity index (χ1n) is 7.56. The van der Waals surface area contributed by atoms with Gasteiger partial charge in [0.25, 0.3) is 0 Å². The van der Waals surface area contributed by atoms with Gasteiger partial charge in [-0.3, -0.25) is 0 Å². The lowest BCUT2D eigenvalue weighted by Gasteiger charge is -2.09. The molecule has 110 valence electrons. The fourth-order valence-corrected chi connectivity index (χ4v) is 2.12. The molecule has 0 bridgehead atoms. The Morgan fingerprint density at radius 2 is 1.67 bits per heavy atom. The average molecular weight is 283 g/mol. The summed E-state index contributed by atoms with van der Waals surface area (Å²) in [5, 5.41) is 3.42. The lowest BCUT2D eigenvalue weighted by atomic mass is 10.3. The third-order valence-corrected chi connectivity index (χ3v) is 3.46. The highest BCUT2D eigenvalue weighted by Crippen LogP contribution is 2.27. The topological polar surface area (TPSA) is 30.5 Å². The maximum atomic E-state index is 5.79. The van der Waals surface area contributed by atoms with Gasteiger partial charge in [-0.15, -0.1) is 0 Å². The van der Waals surface area contributed by atoms with Gasteiger partial charge in [0, 0.05) is 12.6 Å². The van der Waals surface area contributed by atoms with E-state index in [0.29, 0.717) is 6.61 Å². The van der Waals surface area contributed by atoms with Crippen LogP contribution in [0.2, 0.25) is 0 Å². The molecule has 2 aromatic carbocycles. The third kappa shape index (κ3) is 4.80. The average Bonchev–Trinajstić information content (AvgIpc) is 3.33. The number of benzene rings is 2. The van der Waals surface area contributed by atoms with E-state index in [2.05, 4.69) is 5.32 Å². The van der Waals surface area contributed by atoms with Crippen LogP contribution < -0.4 is 14.8 Å². The molecule has 0 heterocycles. The summed E-state index contributed by atoms with van der Waals surface area (Å²) in [6.07, 6.45) is 2.76. The summed E-state index contributed by atoms with van der Waals surface area (Å²) in [5.74, 6) is 3.38. The van der Waals surface area contributed by atoms with E-state index in [4.69, 9.17) is 9.47 Å². The maximum Gasteiger partial charge on any atom is 0.131 e. The minimum Gasteiger partial charge on any atom is -0.492 e. The van der Waals surface area contributed by atoms with Crippen molar-refractivity contribution in [3.8, 4) is 17.2 Å². The largest absolute Gasteiger partial charge is 0.492 e. The van der Waals surface area contributed by atoms with E-state index in [0.717, 1.165) is 36.3 Å². The van der Waals surface area contributed by atoms with Gasteiger partial charge in [0.05, 0.1) is 0 Å². The van der Waals surface area contributed by atoms with Crippen molar-refractivity contribution in [3.63, 3.8) is 0 Å². The van der Waals surface area contributed by atoms with Crippen molar-refractivity contribution < 1.29 is 9.47 Å². The van der Waals surface area contributed by atoms with Crippen LogP contribution in [0, 0.1) is 5.92 Å². The molecule has 0 unspecified atom stereocenters. The molecule has 0 radical (unpaired) electrons. The second-order valence-corrected chi connectivity index (χ2v) is 5.39. The second kappa shape index (κ2) is 7.14. The smallest absolute Gasteiger partial charge is 0.131 e. The summed E-state index contributed by atoms with van der Waals surface area (Å²) in [6, 6.07) is 17.5. The number of rotatable bonds is 8. The van der Waals surface area contributed by atoms with Crippen LogP contribution in [-0.2, 0) is 0 Å². The molecular weight excluding hydrogens is 262 g/mol. The van der Waals surface area contributed by atoms with E-state index in [1.165, 1.54) is 12.8 Å². The van der Waals surface area contributed by atoms with Gasteiger partial charge >= 0.3 is 0 Å². The Bertz CT molecular complexity index is 552. The highest BCUT2D eigenvalue weighted by Gasteiger charge is 2.19. The molecule has 1 fully saturated rings. The predicted octanol–water partition coefficient (Wildman–Crippen LogP) is 3.86. The molecule has 0 aliphatic heterocycles. The van der Waals surface area contributed by atoms with Crippen LogP contribution in [0.5, 0.6) is 17.2 Å². The van der Waals surface area contributed by atoms with Crippen molar-refractivity contribution in [2.24, 2.45) is 5.92 Å². The van der Waals surface area contributed by atoms with Gasteiger partial charge in [0.1, 0.15) is 23.9 Å². The van der Waals surface area contributed by atoms with E-state index in [-0.39, 0.29) is 0 Å². The maximum absolute atomic E-state index is 5.79. The van der Waals surface area contributed by atoms with Gasteiger partial charge in [-0.2, -0.15) is 0 Å². The lowest BCUT2D eigenvalue weighted by Crippen LogP contribution is -2.23. The van der Waals surface area contributed by atoms with E-state index in [9.17, 15) is 0 Å². The zero-order chi connectivity index (χ0) is 14.3. The lowest BCUT2D eigenvalue weighted by molar-refractivity contribution is 0.311. The standard InChI is InChI=1S/C18H21NO2/c1-2-5-16(6-3-1)21-18-8-4-7-17(13-18)20-12-11-19-14-15-9-10-15/h1-8,13,15,19H,9-12,14H2. The Morgan fingerprint density at radius 1 is 0.905 bits per heavy atom. The minimum atomic E-state index is 0.682. The first-order valence-corrected chi connectivity index (χ1v) is 7.56. The summed E-state index contributed by atoms with van der Waals surface area (Å²) in [6.45, 7) is 2.70. The van der Waals surface area contributed by atoms with Crippen molar-refractivity contribution in [2.45, 2.75) is 12.8 Å². The summed E-state index contributed by atoms with van der Waals surface area (Å²) in [5.41, 5.74) is 0. The molecule has 1 saturated carbocycles. The van der Waals surface area contributed by atoms with E-state index in [1.807, 2.05) is 54.6 Å². The quantitative estimate of drug-likeness (QED) is 0.746. The molecule has 2 aromatic rings. The molecule has 3 heteroatoms. The van der Waals surface area contributed by atoms with Crippen LogP contribution in [-0.4, -0.2) is 19.7 Å². The predicted molar refractivity (Wildman–Crippen MR) is 84.0 cm³/mol. The Hall–Kier alpha value is -2.00. The molecule has 0 amide bonds. The van der Waals surface area contributed by atoms with Crippen molar-refractivity contribution in [2.75, 3.05) is 19.7 Å². The number of ether oxygens (including phenoxy) is 2. The molecule has 3 nitrogen and oxygen atoms in total. The van der Waals surface area contributed by atoms with Gasteiger partial charge in [0.2, 0.25) is 0 Å². The van der Waals surface area contributed by atoms with Gasteiger partial charge < -0.3 is 14.8 Å². The Kier molecular flexibility index (Phi) is 4.74. The Labute approximate surface area is 125 Å². The summed E-state index contributed by atoms with van der Waals surface area (Å²) in [4.78, 5) is 0. The van der Waals surface area contributed by atoms with Crippen molar-refractivity contribution in [1.82, 2.24) is 5.32 Å². The first-order chi connectivity index (χ1) is 10.4. The molecule has 21 heavy (non-hydrogen) atoms. The van der Waals surface area contributed by atoms with Gasteiger partial charge in [-0.25, -0.2) is 0 Å². The van der Waals surface area contributed by atoms with Crippen LogP contribution in [0.15, 0.2) is 54.6 Å². The van der Waals surface area contributed by atoms with Crippen LogP contribution in [0.25, 0.3) is 0 Å². The van der Waals surface area contributed by atoms with Crippen molar-refractivity contribution >= 4 is 0 Å². The van der Waals surface area contributed by atoms with Crippen LogP contribution in [0.4, 0.5) is 0 Å². The zero-order valence-corrected chi connectivity index (χ0v) is 12.1. The summed E-state index contributed by atoms with van der Waals surface area (Å²) < 4.78 is 11.5. The van der Waals surface area contributed by atoms with Crippen LogP contribution in [0.3, 0.4) is 0 Å². The van der Waals surface area contributed by atoms with Gasteiger partial charge in [-0.05, 0) is 49.6 Å². The summed E-state index contributed by atoms with van der Waals surface area (Å²) in [7, 11) is 0. The van der Waals surface area contributed by atoms with Crippen molar-refractivity contribution in [3.05, 3.63) is 54.6 Å². The number of para-hydroxylation sites is 1. The highest BCUT2D eigenvalue weighted by atomic mass is 16.5. The highest BCUT2D eigenvalue weighted by molar-refractivity contribution is 5.36. The second-order valence-electron chi connectivity index (χ2n) is 5.39. The molecule has 1 aliphatic carbocycles. The SMILES string of the molecule is c1ccc(Oc2cccc(OCCNCC3CC3)c2)cc1. The monoisotopic (exact) mass is 283 g/mol. The van der Waals surface area contributed by atoms with Crippen LogP contribution >= 0.6 is 0 Å². The van der Waals surface area contributed by atoms with Crippen molar-refractivity contribution in [1.29, 1.82) is 0 Å². The number of hydrogen-bond donors (Lipinski definition) is 1. The summed E-state index contributed by atoms with van der Waals surface area (Å²) >= 11 is 0. The van der Waals surface area contributed by atoms with Gasteiger partial charge in [-0.1, -0.05) is 24.3 Å². The number of hydrogen-bond acceptors (Lipinski definition) is 3. The molecular formula is C18H21NO2. The Balaban J connectivity index is 1.46. The molecule has 0 spiro atoms. The fraction of sp³-hybridized carbons (Fsp3) is 0.333. The molecule has 1 aliphatic rings. The van der Waals surface area contributed by atoms with E-state index >= 15 is 0 Å². The number of nitrogens with one attached hydrogen (secondary N) is 1. The zero-order valence-electron chi connectivity index (χ0n) is 12.1. The van der Waals surface area contributed by atoms with E-state index < -0.39 is 0 Å². The molecule has 3 rings (SSSR count). The van der Waals surface area contributed by atoms with E-state index in [1.54, 1.807) is 0 Å². The molecule has 1 N–H and O–H groups in total. The van der Waals surface area contributed by atoms with Crippen LogP contribution in [0.1, 0.15) is 12.8 Å². The molecule has 0 aromatic heterocycles. The molecule has 0 saturated heterocycles. The first kappa shape index (κ1) is 14.0. The minimum absolute atomic E-state index is 0.682. The Morgan fingerprint density at radius 3 is 2.48 bits per heavy atom. The fourth-order valence-electron chi connectivity index (χ4n) is 2.12.